The van der Waals surface area contributed by atoms with E-state index in [0.717, 1.165) is 12.1 Å². The van der Waals surface area contributed by atoms with Crippen LogP contribution in [0.25, 0.3) is 11.4 Å². The molecule has 126 valence electrons. The van der Waals surface area contributed by atoms with E-state index >= 15 is 0 Å². The van der Waals surface area contributed by atoms with Gasteiger partial charge in [0.25, 0.3) is 5.56 Å². The molecule has 1 aromatic heterocycles. The standard InChI is InChI=1S/C16H19N5O3/c1-2-24-11-8-9(21-7-3-4-12(21)22)5-6-10(11)15-19-14(18)13(17)16(23)20-15/h5-6,8H,2-4,7,17H2,1H3,(H3,18,19,20,23). The summed E-state index contributed by atoms with van der Waals surface area (Å²) >= 11 is 0. The van der Waals surface area contributed by atoms with Gasteiger partial charge >= 0.3 is 0 Å². The molecule has 0 atom stereocenters. The van der Waals surface area contributed by atoms with E-state index in [0.29, 0.717) is 30.9 Å². The molecule has 0 saturated carbocycles. The van der Waals surface area contributed by atoms with Gasteiger partial charge in [0.05, 0.1) is 12.2 Å². The Balaban J connectivity index is 2.08. The van der Waals surface area contributed by atoms with Crippen molar-refractivity contribution in [2.45, 2.75) is 19.8 Å². The van der Waals surface area contributed by atoms with Crippen molar-refractivity contribution in [2.75, 3.05) is 29.5 Å². The maximum absolute atomic E-state index is 11.9. The maximum atomic E-state index is 11.9. The molecular weight excluding hydrogens is 310 g/mol. The second kappa shape index (κ2) is 6.23. The second-order valence-corrected chi connectivity index (χ2v) is 5.48. The van der Waals surface area contributed by atoms with Crippen LogP contribution in [0.3, 0.4) is 0 Å². The van der Waals surface area contributed by atoms with Gasteiger partial charge in [-0.3, -0.25) is 9.59 Å². The fraction of sp³-hybridized carbons (Fsp3) is 0.312. The largest absolute Gasteiger partial charge is 0.493 e. The highest BCUT2D eigenvalue weighted by molar-refractivity contribution is 5.96. The lowest BCUT2D eigenvalue weighted by Gasteiger charge is -2.18. The number of aromatic amines is 1. The van der Waals surface area contributed by atoms with Crippen LogP contribution in [0.15, 0.2) is 23.0 Å². The number of nitrogens with two attached hydrogens (primary N) is 2. The molecule has 1 aliphatic rings. The first kappa shape index (κ1) is 15.9. The van der Waals surface area contributed by atoms with Crippen LogP contribution < -0.4 is 26.7 Å². The lowest BCUT2D eigenvalue weighted by Crippen LogP contribution is -2.23. The number of carbonyl (C=O) groups is 1. The Hall–Kier alpha value is -3.03. The zero-order chi connectivity index (χ0) is 17.3. The van der Waals surface area contributed by atoms with Gasteiger partial charge in [0.2, 0.25) is 5.91 Å². The van der Waals surface area contributed by atoms with Gasteiger partial charge in [-0.2, -0.15) is 0 Å². The predicted octanol–water partition coefficient (Wildman–Crippen LogP) is 1.13. The molecule has 1 saturated heterocycles. The first-order chi connectivity index (χ1) is 11.5. The smallest absolute Gasteiger partial charge is 0.276 e. The third-order valence-corrected chi connectivity index (χ3v) is 3.89. The minimum absolute atomic E-state index is 0.0324. The third kappa shape index (κ3) is 2.78. The normalized spacial score (nSPS) is 14.2. The Kier molecular flexibility index (Phi) is 4.11. The number of carbonyl (C=O) groups excluding carboxylic acids is 1. The zero-order valence-electron chi connectivity index (χ0n) is 13.3. The van der Waals surface area contributed by atoms with Crippen LogP contribution in [0.1, 0.15) is 19.8 Å². The minimum Gasteiger partial charge on any atom is -0.493 e. The second-order valence-electron chi connectivity index (χ2n) is 5.48. The van der Waals surface area contributed by atoms with Gasteiger partial charge in [-0.25, -0.2) is 4.98 Å². The molecule has 1 aliphatic heterocycles. The lowest BCUT2D eigenvalue weighted by atomic mass is 10.1. The summed E-state index contributed by atoms with van der Waals surface area (Å²) in [5.41, 5.74) is 11.9. The summed E-state index contributed by atoms with van der Waals surface area (Å²) in [6.07, 6.45) is 1.39. The van der Waals surface area contributed by atoms with E-state index < -0.39 is 5.56 Å². The molecule has 8 nitrogen and oxygen atoms in total. The van der Waals surface area contributed by atoms with Gasteiger partial charge in [0.1, 0.15) is 17.3 Å². The Bertz CT molecular complexity index is 846. The fourth-order valence-corrected chi connectivity index (χ4v) is 2.70. The number of benzene rings is 1. The van der Waals surface area contributed by atoms with Gasteiger partial charge in [-0.15, -0.1) is 0 Å². The summed E-state index contributed by atoms with van der Waals surface area (Å²) < 4.78 is 5.66. The van der Waals surface area contributed by atoms with E-state index in [-0.39, 0.29) is 23.2 Å². The number of anilines is 3. The van der Waals surface area contributed by atoms with Gasteiger partial charge in [0, 0.05) is 24.7 Å². The first-order valence-corrected chi connectivity index (χ1v) is 7.74. The summed E-state index contributed by atoms with van der Waals surface area (Å²) in [4.78, 5) is 32.2. The van der Waals surface area contributed by atoms with Crippen LogP contribution in [0, 0.1) is 0 Å². The minimum atomic E-state index is -0.501. The van der Waals surface area contributed by atoms with Gasteiger partial charge in [-0.1, -0.05) is 0 Å². The summed E-state index contributed by atoms with van der Waals surface area (Å²) in [5, 5.41) is 0. The van der Waals surface area contributed by atoms with E-state index in [9.17, 15) is 9.59 Å². The number of nitrogens with zero attached hydrogens (tertiary/aromatic N) is 2. The number of aromatic nitrogens is 2. The molecule has 1 aromatic carbocycles. The molecule has 3 rings (SSSR count). The van der Waals surface area contributed by atoms with E-state index in [1.165, 1.54) is 0 Å². The highest BCUT2D eigenvalue weighted by Crippen LogP contribution is 2.33. The molecule has 24 heavy (non-hydrogen) atoms. The molecule has 0 radical (unpaired) electrons. The fourth-order valence-electron chi connectivity index (χ4n) is 2.70. The summed E-state index contributed by atoms with van der Waals surface area (Å²) in [6, 6.07) is 5.32. The summed E-state index contributed by atoms with van der Waals surface area (Å²) in [7, 11) is 0. The van der Waals surface area contributed by atoms with Crippen molar-refractivity contribution in [3.8, 4) is 17.1 Å². The molecule has 5 N–H and O–H groups in total. The van der Waals surface area contributed by atoms with Gasteiger partial charge < -0.3 is 26.1 Å². The predicted molar refractivity (Wildman–Crippen MR) is 91.9 cm³/mol. The molecule has 2 heterocycles. The van der Waals surface area contributed by atoms with Gasteiger partial charge in [0.15, 0.2) is 5.82 Å². The maximum Gasteiger partial charge on any atom is 0.276 e. The highest BCUT2D eigenvalue weighted by atomic mass is 16.5. The van der Waals surface area contributed by atoms with E-state index in [4.69, 9.17) is 16.2 Å². The monoisotopic (exact) mass is 329 g/mol. The summed E-state index contributed by atoms with van der Waals surface area (Å²) in [5.74, 6) is 0.847. The van der Waals surface area contributed by atoms with Crippen molar-refractivity contribution in [1.29, 1.82) is 0 Å². The van der Waals surface area contributed by atoms with Crippen molar-refractivity contribution in [2.24, 2.45) is 0 Å². The van der Waals surface area contributed by atoms with Crippen LogP contribution >= 0.6 is 0 Å². The van der Waals surface area contributed by atoms with E-state index in [2.05, 4.69) is 9.97 Å². The molecular formula is C16H19N5O3. The van der Waals surface area contributed by atoms with Crippen molar-refractivity contribution < 1.29 is 9.53 Å². The average molecular weight is 329 g/mol. The SMILES string of the molecule is CCOc1cc(N2CCCC2=O)ccc1-c1nc(N)c(N)c(=O)[nH]1. The molecule has 0 spiro atoms. The van der Waals surface area contributed by atoms with Crippen molar-refractivity contribution in [3.05, 3.63) is 28.6 Å². The number of hydrogen-bond donors (Lipinski definition) is 3. The molecule has 1 fully saturated rings. The Morgan fingerprint density at radius 2 is 2.12 bits per heavy atom. The number of nitrogen functional groups attached to an aromatic ring is 2. The van der Waals surface area contributed by atoms with Gasteiger partial charge in [-0.05, 0) is 25.5 Å². The van der Waals surface area contributed by atoms with E-state index in [1.807, 2.05) is 6.92 Å². The number of hydrogen-bond acceptors (Lipinski definition) is 6. The molecule has 1 amide bonds. The van der Waals surface area contributed by atoms with Crippen LogP contribution in [-0.2, 0) is 4.79 Å². The summed E-state index contributed by atoms with van der Waals surface area (Å²) in [6.45, 7) is 2.97. The van der Waals surface area contributed by atoms with E-state index in [1.54, 1.807) is 23.1 Å². The molecule has 0 unspecified atom stereocenters. The molecule has 2 aromatic rings. The Morgan fingerprint density at radius 3 is 2.75 bits per heavy atom. The number of amides is 1. The zero-order valence-corrected chi connectivity index (χ0v) is 13.3. The van der Waals surface area contributed by atoms with Crippen molar-refractivity contribution >= 4 is 23.1 Å². The van der Waals surface area contributed by atoms with Crippen LogP contribution in [0.4, 0.5) is 17.2 Å². The van der Waals surface area contributed by atoms with Crippen LogP contribution in [-0.4, -0.2) is 29.0 Å². The molecule has 8 heteroatoms. The highest BCUT2D eigenvalue weighted by Gasteiger charge is 2.23. The third-order valence-electron chi connectivity index (χ3n) is 3.89. The van der Waals surface area contributed by atoms with Crippen molar-refractivity contribution in [3.63, 3.8) is 0 Å². The first-order valence-electron chi connectivity index (χ1n) is 7.74. The Labute approximate surface area is 138 Å². The van der Waals surface area contributed by atoms with Crippen LogP contribution in [0.5, 0.6) is 5.75 Å². The molecule has 0 aliphatic carbocycles. The quantitative estimate of drug-likeness (QED) is 0.771. The number of ether oxygens (including phenoxy) is 1. The Morgan fingerprint density at radius 1 is 1.33 bits per heavy atom. The number of rotatable bonds is 4. The van der Waals surface area contributed by atoms with Crippen LogP contribution in [0.2, 0.25) is 0 Å². The van der Waals surface area contributed by atoms with Crippen molar-refractivity contribution in [1.82, 2.24) is 9.97 Å². The molecule has 0 bridgehead atoms. The topological polar surface area (TPSA) is 127 Å². The average Bonchev–Trinajstić information content (AvgIpc) is 2.98. The number of nitrogens with one attached hydrogen (secondary N) is 1. The lowest BCUT2D eigenvalue weighted by molar-refractivity contribution is -0.117. The number of H-pyrrole nitrogens is 1.